The third kappa shape index (κ3) is 4.93. The van der Waals surface area contributed by atoms with Gasteiger partial charge in [0.25, 0.3) is 0 Å². The number of benzene rings is 2. The number of allylic oxidation sites excluding steroid dienone is 1. The van der Waals surface area contributed by atoms with Gasteiger partial charge in [-0.25, -0.2) is 10.2 Å². The Balaban J connectivity index is 0.00000243. The maximum atomic E-state index is 12.0. The Hall–Kier alpha value is -2.64. The number of hydrogen-bond acceptors (Lipinski definition) is 3. The average molecular weight is 431 g/mol. The second-order valence-corrected chi connectivity index (χ2v) is 6.05. The van der Waals surface area contributed by atoms with E-state index in [1.807, 2.05) is 76.7 Å². The predicted octanol–water partition coefficient (Wildman–Crippen LogP) is 4.62. The number of para-hydroxylation sites is 1. The Morgan fingerprint density at radius 3 is 2.42 bits per heavy atom. The van der Waals surface area contributed by atoms with Crippen LogP contribution >= 0.6 is 28.3 Å². The molecule has 0 bridgehead atoms. The standard InChI is InChI=1S/C19H18N4OS.BrH/c1-2-13-23-17(15-9-5-3-6-10-15)14-25-19(23)22-21-18(24)20-16-11-7-4-8-12-16;/h2-12,14H,1,13H2,(H2,20,21,24);1H/b22-19-;. The van der Waals surface area contributed by atoms with E-state index in [1.165, 1.54) is 11.3 Å². The van der Waals surface area contributed by atoms with Crippen molar-refractivity contribution in [3.8, 4) is 11.3 Å². The second kappa shape index (κ2) is 9.74. The molecule has 0 radical (unpaired) electrons. The van der Waals surface area contributed by atoms with Gasteiger partial charge in [0, 0.05) is 17.6 Å². The van der Waals surface area contributed by atoms with Gasteiger partial charge < -0.3 is 9.88 Å². The zero-order valence-electron chi connectivity index (χ0n) is 14.0. The average Bonchev–Trinajstić information content (AvgIpc) is 3.05. The molecule has 0 saturated carbocycles. The zero-order chi connectivity index (χ0) is 17.5. The number of rotatable bonds is 5. The van der Waals surface area contributed by atoms with Crippen molar-refractivity contribution in [3.05, 3.63) is 83.5 Å². The first-order valence-corrected chi connectivity index (χ1v) is 8.66. The number of carbonyl (C=O) groups excluding carboxylic acids is 1. The fraction of sp³-hybridized carbons (Fsp3) is 0.0526. The number of anilines is 1. The second-order valence-electron chi connectivity index (χ2n) is 5.21. The molecule has 7 heteroatoms. The molecule has 0 fully saturated rings. The minimum absolute atomic E-state index is 0. The van der Waals surface area contributed by atoms with Crippen LogP contribution in [0.15, 0.2) is 83.8 Å². The molecule has 2 aromatic carbocycles. The molecule has 3 rings (SSSR count). The molecule has 5 nitrogen and oxygen atoms in total. The number of thiazole rings is 1. The molecule has 0 aliphatic heterocycles. The molecule has 2 N–H and O–H groups in total. The fourth-order valence-corrected chi connectivity index (χ4v) is 3.22. The third-order valence-electron chi connectivity index (χ3n) is 3.46. The van der Waals surface area contributed by atoms with Gasteiger partial charge in [-0.1, -0.05) is 54.6 Å². The van der Waals surface area contributed by atoms with Crippen molar-refractivity contribution in [1.29, 1.82) is 0 Å². The van der Waals surface area contributed by atoms with E-state index in [1.54, 1.807) is 0 Å². The molecule has 3 aromatic rings. The van der Waals surface area contributed by atoms with Crippen molar-refractivity contribution in [3.63, 3.8) is 0 Å². The Kier molecular flexibility index (Phi) is 7.37. The summed E-state index contributed by atoms with van der Waals surface area (Å²) in [5.41, 5.74) is 5.38. The van der Waals surface area contributed by atoms with Gasteiger partial charge in [0.15, 0.2) is 0 Å². The van der Waals surface area contributed by atoms with E-state index >= 15 is 0 Å². The van der Waals surface area contributed by atoms with Crippen LogP contribution in [0.3, 0.4) is 0 Å². The van der Waals surface area contributed by atoms with Crippen LogP contribution in [-0.4, -0.2) is 10.6 Å². The van der Waals surface area contributed by atoms with Gasteiger partial charge in [-0.15, -0.1) is 40.0 Å². The Morgan fingerprint density at radius 2 is 1.77 bits per heavy atom. The monoisotopic (exact) mass is 430 g/mol. The van der Waals surface area contributed by atoms with Gasteiger partial charge in [-0.2, -0.15) is 0 Å². The van der Waals surface area contributed by atoms with Crippen LogP contribution < -0.4 is 15.5 Å². The summed E-state index contributed by atoms with van der Waals surface area (Å²) < 4.78 is 2.01. The molecule has 26 heavy (non-hydrogen) atoms. The number of carbonyl (C=O) groups is 1. The number of hydrogen-bond donors (Lipinski definition) is 2. The molecule has 0 saturated heterocycles. The SMILES string of the molecule is Br.C=CCn1c(-c2ccccc2)cs/c1=N\NC(=O)Nc1ccccc1. The van der Waals surface area contributed by atoms with Crippen LogP contribution in [-0.2, 0) is 6.54 Å². The van der Waals surface area contributed by atoms with Crippen molar-refractivity contribution in [2.24, 2.45) is 5.10 Å². The van der Waals surface area contributed by atoms with Gasteiger partial charge >= 0.3 is 6.03 Å². The first kappa shape index (κ1) is 19.7. The third-order valence-corrected chi connectivity index (χ3v) is 4.33. The molecule has 0 atom stereocenters. The minimum atomic E-state index is -0.383. The highest BCUT2D eigenvalue weighted by molar-refractivity contribution is 8.93. The number of nitrogens with zero attached hydrogens (tertiary/aromatic N) is 2. The van der Waals surface area contributed by atoms with Crippen LogP contribution in [0.5, 0.6) is 0 Å². The van der Waals surface area contributed by atoms with Crippen molar-refractivity contribution in [2.45, 2.75) is 6.54 Å². The van der Waals surface area contributed by atoms with Gasteiger partial charge in [0.05, 0.1) is 5.69 Å². The number of halogens is 1. The van der Waals surface area contributed by atoms with E-state index in [2.05, 4.69) is 22.4 Å². The maximum absolute atomic E-state index is 12.0. The number of amides is 2. The van der Waals surface area contributed by atoms with Crippen LogP contribution in [0.25, 0.3) is 11.3 Å². The molecular weight excluding hydrogens is 412 g/mol. The van der Waals surface area contributed by atoms with Crippen LogP contribution in [0.4, 0.5) is 10.5 Å². The van der Waals surface area contributed by atoms with Crippen LogP contribution in [0.2, 0.25) is 0 Å². The molecule has 1 aromatic heterocycles. The van der Waals surface area contributed by atoms with E-state index in [0.29, 0.717) is 17.0 Å². The fourth-order valence-electron chi connectivity index (χ4n) is 2.34. The number of aromatic nitrogens is 1. The smallest absolute Gasteiger partial charge is 0.311 e. The molecule has 1 heterocycles. The Morgan fingerprint density at radius 1 is 1.12 bits per heavy atom. The van der Waals surface area contributed by atoms with Gasteiger partial charge in [-0.3, -0.25) is 0 Å². The molecule has 0 aliphatic rings. The lowest BCUT2D eigenvalue weighted by Gasteiger charge is -2.07. The van der Waals surface area contributed by atoms with Gasteiger partial charge in [-0.05, 0) is 17.7 Å². The molecule has 0 aliphatic carbocycles. The molecule has 2 amide bonds. The first-order chi connectivity index (χ1) is 12.3. The van der Waals surface area contributed by atoms with E-state index < -0.39 is 0 Å². The highest BCUT2D eigenvalue weighted by Crippen LogP contribution is 2.19. The summed E-state index contributed by atoms with van der Waals surface area (Å²) in [5.74, 6) is 0. The maximum Gasteiger partial charge on any atom is 0.339 e. The summed E-state index contributed by atoms with van der Waals surface area (Å²) >= 11 is 1.47. The van der Waals surface area contributed by atoms with E-state index in [9.17, 15) is 4.79 Å². The lowest BCUT2D eigenvalue weighted by atomic mass is 10.2. The highest BCUT2D eigenvalue weighted by atomic mass is 79.9. The quantitative estimate of drug-likeness (QED) is 0.450. The molecule has 134 valence electrons. The summed E-state index contributed by atoms with van der Waals surface area (Å²) in [5, 5.41) is 8.99. The zero-order valence-corrected chi connectivity index (χ0v) is 16.5. The van der Waals surface area contributed by atoms with E-state index in [-0.39, 0.29) is 23.0 Å². The van der Waals surface area contributed by atoms with Crippen molar-refractivity contribution in [2.75, 3.05) is 5.32 Å². The molecule has 0 spiro atoms. The normalized spacial score (nSPS) is 10.7. The molecule has 0 unspecified atom stereocenters. The summed E-state index contributed by atoms with van der Waals surface area (Å²) in [6.45, 7) is 4.41. The lowest BCUT2D eigenvalue weighted by molar-refractivity contribution is 0.252. The number of nitrogens with one attached hydrogen (secondary N) is 2. The van der Waals surface area contributed by atoms with Gasteiger partial charge in [0.1, 0.15) is 0 Å². The van der Waals surface area contributed by atoms with E-state index in [0.717, 1.165) is 11.3 Å². The van der Waals surface area contributed by atoms with Crippen molar-refractivity contribution < 1.29 is 4.79 Å². The van der Waals surface area contributed by atoms with Crippen molar-refractivity contribution in [1.82, 2.24) is 9.99 Å². The van der Waals surface area contributed by atoms with Crippen LogP contribution in [0, 0.1) is 0 Å². The lowest BCUT2D eigenvalue weighted by Crippen LogP contribution is -2.28. The summed E-state index contributed by atoms with van der Waals surface area (Å²) in [6, 6.07) is 18.9. The Labute approximate surface area is 166 Å². The predicted molar refractivity (Wildman–Crippen MR) is 112 cm³/mol. The highest BCUT2D eigenvalue weighted by Gasteiger charge is 2.07. The summed E-state index contributed by atoms with van der Waals surface area (Å²) in [6.07, 6.45) is 1.81. The Bertz CT molecular complexity index is 919. The summed E-state index contributed by atoms with van der Waals surface area (Å²) in [7, 11) is 0. The van der Waals surface area contributed by atoms with Gasteiger partial charge in [0.2, 0.25) is 4.80 Å². The van der Waals surface area contributed by atoms with E-state index in [4.69, 9.17) is 0 Å². The minimum Gasteiger partial charge on any atom is -0.311 e. The summed E-state index contributed by atoms with van der Waals surface area (Å²) in [4.78, 5) is 12.7. The topological polar surface area (TPSA) is 58.4 Å². The largest absolute Gasteiger partial charge is 0.339 e. The molecular formula is C19H19BrN4OS. The van der Waals surface area contributed by atoms with Crippen molar-refractivity contribution >= 4 is 40.0 Å². The number of urea groups is 1. The first-order valence-electron chi connectivity index (χ1n) is 7.78. The van der Waals surface area contributed by atoms with Crippen LogP contribution in [0.1, 0.15) is 0 Å².